The molecule has 0 unspecified atom stereocenters. The molecule has 7 nitrogen and oxygen atoms in total. The van der Waals surface area contributed by atoms with E-state index in [2.05, 4.69) is 0 Å². The predicted octanol–water partition coefficient (Wildman–Crippen LogP) is 5.52. The smallest absolute Gasteiger partial charge is 0.339 e. The number of nitrogens with zero attached hydrogens (tertiary/aromatic N) is 1. The van der Waals surface area contributed by atoms with E-state index < -0.39 is 11.4 Å². The van der Waals surface area contributed by atoms with Gasteiger partial charge in [-0.25, -0.2) is 9.78 Å². The van der Waals surface area contributed by atoms with E-state index in [1.54, 1.807) is 21.3 Å². The molecule has 0 bridgehead atoms. The summed E-state index contributed by atoms with van der Waals surface area (Å²) in [4.78, 5) is 30.6. The molecule has 0 radical (unpaired) electrons. The SMILES string of the molecule is COc1cc(C=C2CCc3c2nc2ccccc2c3C(=O)OCC(=O)C(C)(C)C)cc(OC)c1OC. The molecule has 0 atom stereocenters. The van der Waals surface area contributed by atoms with Crippen LogP contribution in [0, 0.1) is 5.41 Å². The Labute approximate surface area is 211 Å². The first-order valence-electron chi connectivity index (χ1n) is 11.8. The largest absolute Gasteiger partial charge is 0.493 e. The second kappa shape index (κ2) is 10.0. The molecule has 0 spiro atoms. The Kier molecular flexibility index (Phi) is 7.02. The molecule has 0 fully saturated rings. The molecule has 188 valence electrons. The number of allylic oxidation sites excluding steroid dienone is 1. The zero-order valence-electron chi connectivity index (χ0n) is 21.6. The van der Waals surface area contributed by atoms with E-state index in [4.69, 9.17) is 23.9 Å². The van der Waals surface area contributed by atoms with Crippen LogP contribution in [0.25, 0.3) is 22.6 Å². The van der Waals surface area contributed by atoms with Crippen LogP contribution in [-0.4, -0.2) is 44.7 Å². The maximum atomic E-state index is 13.3. The fraction of sp³-hybridized carbons (Fsp3) is 0.345. The highest BCUT2D eigenvalue weighted by Gasteiger charge is 2.29. The minimum absolute atomic E-state index is 0.131. The van der Waals surface area contributed by atoms with E-state index in [9.17, 15) is 9.59 Å². The Bertz CT molecular complexity index is 1340. The Hall–Kier alpha value is -3.87. The third-order valence-electron chi connectivity index (χ3n) is 6.34. The van der Waals surface area contributed by atoms with Gasteiger partial charge in [-0.05, 0) is 53.8 Å². The van der Waals surface area contributed by atoms with E-state index >= 15 is 0 Å². The number of Topliss-reactive ketones (excluding diaryl/α,β-unsaturated/α-hetero) is 1. The van der Waals surface area contributed by atoms with Crippen molar-refractivity contribution >= 4 is 34.3 Å². The summed E-state index contributed by atoms with van der Waals surface area (Å²) in [7, 11) is 4.72. The summed E-state index contributed by atoms with van der Waals surface area (Å²) in [6, 6.07) is 11.3. The number of benzene rings is 2. The minimum Gasteiger partial charge on any atom is -0.493 e. The molecule has 36 heavy (non-hydrogen) atoms. The Morgan fingerprint density at radius 3 is 2.25 bits per heavy atom. The summed E-state index contributed by atoms with van der Waals surface area (Å²) in [5.41, 5.74) is 4.04. The lowest BCUT2D eigenvalue weighted by Crippen LogP contribution is -2.26. The Morgan fingerprint density at radius 2 is 1.64 bits per heavy atom. The van der Waals surface area contributed by atoms with Crippen molar-refractivity contribution in [1.82, 2.24) is 4.98 Å². The first-order valence-corrected chi connectivity index (χ1v) is 11.8. The number of hydrogen-bond donors (Lipinski definition) is 0. The molecule has 0 N–H and O–H groups in total. The molecular formula is C29H31NO6. The van der Waals surface area contributed by atoms with Crippen LogP contribution in [0.5, 0.6) is 17.2 Å². The molecule has 0 aliphatic heterocycles. The van der Waals surface area contributed by atoms with Gasteiger partial charge in [-0.2, -0.15) is 0 Å². The van der Waals surface area contributed by atoms with E-state index in [1.807, 2.05) is 63.2 Å². The van der Waals surface area contributed by atoms with Crippen molar-refractivity contribution in [3.8, 4) is 17.2 Å². The quantitative estimate of drug-likeness (QED) is 0.404. The van der Waals surface area contributed by atoms with Crippen LogP contribution >= 0.6 is 0 Å². The lowest BCUT2D eigenvalue weighted by Gasteiger charge is -2.17. The number of ether oxygens (including phenoxy) is 4. The van der Waals surface area contributed by atoms with Crippen LogP contribution in [0.15, 0.2) is 36.4 Å². The maximum absolute atomic E-state index is 13.3. The number of methoxy groups -OCH3 is 3. The van der Waals surface area contributed by atoms with Gasteiger partial charge in [0.1, 0.15) is 0 Å². The molecule has 1 aliphatic carbocycles. The first kappa shape index (κ1) is 25.2. The molecule has 1 aromatic heterocycles. The second-order valence-corrected chi connectivity index (χ2v) is 9.71. The van der Waals surface area contributed by atoms with Crippen molar-refractivity contribution in [3.05, 3.63) is 58.8 Å². The number of pyridine rings is 1. The van der Waals surface area contributed by atoms with Crippen LogP contribution in [0.1, 0.15) is 54.4 Å². The molecule has 0 amide bonds. The van der Waals surface area contributed by atoms with Gasteiger partial charge in [0.2, 0.25) is 5.75 Å². The standard InChI is InChI=1S/C29H31NO6/c1-29(2,3)24(31)16-36-28(32)25-19-9-7-8-10-21(19)30-26-18(11-12-20(25)26)13-17-14-22(33-4)27(35-6)23(15-17)34-5/h7-10,13-15H,11-12,16H2,1-6H3. The summed E-state index contributed by atoms with van der Waals surface area (Å²) in [6.45, 7) is 5.16. The molecular weight excluding hydrogens is 458 g/mol. The van der Waals surface area contributed by atoms with Gasteiger partial charge in [0, 0.05) is 10.8 Å². The topological polar surface area (TPSA) is 84.0 Å². The van der Waals surface area contributed by atoms with Gasteiger partial charge in [-0.1, -0.05) is 39.0 Å². The first-order chi connectivity index (χ1) is 17.2. The lowest BCUT2D eigenvalue weighted by atomic mass is 9.91. The lowest BCUT2D eigenvalue weighted by molar-refractivity contribution is -0.129. The summed E-state index contributed by atoms with van der Waals surface area (Å²) in [5, 5.41) is 0.721. The average molecular weight is 490 g/mol. The third-order valence-corrected chi connectivity index (χ3v) is 6.34. The second-order valence-electron chi connectivity index (χ2n) is 9.71. The molecule has 1 heterocycles. The fourth-order valence-corrected chi connectivity index (χ4v) is 4.32. The van der Waals surface area contributed by atoms with E-state index in [0.717, 1.165) is 27.8 Å². The van der Waals surface area contributed by atoms with Gasteiger partial charge in [-0.3, -0.25) is 4.79 Å². The number of hydrogen-bond acceptors (Lipinski definition) is 7. The zero-order chi connectivity index (χ0) is 26.0. The third kappa shape index (κ3) is 4.78. The summed E-state index contributed by atoms with van der Waals surface area (Å²) < 4.78 is 21.9. The van der Waals surface area contributed by atoms with Crippen molar-refractivity contribution in [1.29, 1.82) is 0 Å². The number of carbonyl (C=O) groups excluding carboxylic acids is 2. The Balaban J connectivity index is 1.78. The van der Waals surface area contributed by atoms with Crippen LogP contribution < -0.4 is 14.2 Å². The Morgan fingerprint density at radius 1 is 0.972 bits per heavy atom. The minimum atomic E-state index is -0.584. The van der Waals surface area contributed by atoms with Crippen molar-refractivity contribution in [2.75, 3.05) is 27.9 Å². The molecule has 0 saturated carbocycles. The van der Waals surface area contributed by atoms with Gasteiger partial charge in [0.05, 0.1) is 38.1 Å². The summed E-state index contributed by atoms with van der Waals surface area (Å²) in [6.07, 6.45) is 3.37. The van der Waals surface area contributed by atoms with Crippen LogP contribution in [0.3, 0.4) is 0 Å². The fourth-order valence-electron chi connectivity index (χ4n) is 4.32. The number of carbonyl (C=O) groups is 2. The van der Waals surface area contributed by atoms with Crippen LogP contribution in [0.2, 0.25) is 0 Å². The van der Waals surface area contributed by atoms with Crippen molar-refractivity contribution in [3.63, 3.8) is 0 Å². The van der Waals surface area contributed by atoms with E-state index in [0.29, 0.717) is 41.2 Å². The van der Waals surface area contributed by atoms with Gasteiger partial charge in [0.15, 0.2) is 23.9 Å². The summed E-state index contributed by atoms with van der Waals surface area (Å²) >= 11 is 0. The van der Waals surface area contributed by atoms with Crippen molar-refractivity contribution < 1.29 is 28.5 Å². The maximum Gasteiger partial charge on any atom is 0.339 e. The number of para-hydroxylation sites is 1. The number of ketones is 1. The van der Waals surface area contributed by atoms with Gasteiger partial charge in [0.25, 0.3) is 0 Å². The molecule has 1 aliphatic rings. The average Bonchev–Trinajstić information content (AvgIpc) is 3.25. The van der Waals surface area contributed by atoms with Gasteiger partial charge < -0.3 is 18.9 Å². The molecule has 2 aromatic carbocycles. The molecule has 0 saturated heterocycles. The monoisotopic (exact) mass is 489 g/mol. The van der Waals surface area contributed by atoms with Crippen molar-refractivity contribution in [2.45, 2.75) is 33.6 Å². The summed E-state index contributed by atoms with van der Waals surface area (Å²) in [5.74, 6) is 1.00. The number of rotatable bonds is 7. The van der Waals surface area contributed by atoms with Crippen LogP contribution in [-0.2, 0) is 16.0 Å². The van der Waals surface area contributed by atoms with Crippen LogP contribution in [0.4, 0.5) is 0 Å². The molecule has 7 heteroatoms. The number of esters is 1. The number of aromatic nitrogens is 1. The molecule has 4 rings (SSSR count). The highest BCUT2D eigenvalue weighted by molar-refractivity contribution is 6.07. The zero-order valence-corrected chi connectivity index (χ0v) is 21.6. The van der Waals surface area contributed by atoms with E-state index in [-0.39, 0.29) is 12.4 Å². The number of fused-ring (bicyclic) bond motifs is 2. The van der Waals surface area contributed by atoms with Gasteiger partial charge >= 0.3 is 5.97 Å². The highest BCUT2D eigenvalue weighted by atomic mass is 16.5. The normalized spacial score (nSPS) is 14.0. The predicted molar refractivity (Wildman–Crippen MR) is 139 cm³/mol. The van der Waals surface area contributed by atoms with E-state index in [1.165, 1.54) is 0 Å². The molecule has 3 aromatic rings. The highest BCUT2D eigenvalue weighted by Crippen LogP contribution is 2.41. The van der Waals surface area contributed by atoms with Crippen molar-refractivity contribution in [2.24, 2.45) is 5.41 Å². The van der Waals surface area contributed by atoms with Gasteiger partial charge in [-0.15, -0.1) is 0 Å².